The molecule has 0 spiro atoms. The first-order valence-electron chi connectivity index (χ1n) is 5.60. The van der Waals surface area contributed by atoms with Crippen molar-refractivity contribution in [2.75, 3.05) is 6.61 Å². The predicted octanol–water partition coefficient (Wildman–Crippen LogP) is 2.59. The average Bonchev–Trinajstić information content (AvgIpc) is 2.29. The molecular weight excluding hydrogens is 204 g/mol. The molecule has 1 unspecified atom stereocenters. The fraction of sp³-hybridized carbons (Fsp3) is 0.462. The topological polar surface area (TPSA) is 35.5 Å². The monoisotopic (exact) mass is 220 g/mol. The van der Waals surface area contributed by atoms with Crippen LogP contribution in [0.25, 0.3) is 0 Å². The molecule has 3 heteroatoms. The molecule has 0 saturated heterocycles. The summed E-state index contributed by atoms with van der Waals surface area (Å²) in [5.74, 6) is 1.47. The first-order chi connectivity index (χ1) is 7.65. The van der Waals surface area contributed by atoms with Crippen LogP contribution in [0.15, 0.2) is 24.3 Å². The Kier molecular flexibility index (Phi) is 2.86. The minimum absolute atomic E-state index is 0.101. The van der Waals surface area contributed by atoms with Crippen molar-refractivity contribution in [3.05, 3.63) is 24.3 Å². The molecule has 0 fully saturated rings. The fourth-order valence-electron chi connectivity index (χ4n) is 1.77. The second-order valence-corrected chi connectivity index (χ2v) is 4.24. The first-order valence-corrected chi connectivity index (χ1v) is 5.60. The van der Waals surface area contributed by atoms with E-state index in [-0.39, 0.29) is 5.78 Å². The molecule has 2 rings (SSSR count). The van der Waals surface area contributed by atoms with Crippen LogP contribution >= 0.6 is 0 Å². The largest absolute Gasteiger partial charge is 0.485 e. The molecule has 1 aromatic carbocycles. The van der Waals surface area contributed by atoms with Crippen molar-refractivity contribution in [2.45, 2.75) is 32.3 Å². The lowest BCUT2D eigenvalue weighted by Crippen LogP contribution is -2.49. The van der Waals surface area contributed by atoms with Gasteiger partial charge in [0, 0.05) is 6.42 Å². The van der Waals surface area contributed by atoms with Crippen LogP contribution in [0.1, 0.15) is 26.7 Å². The van der Waals surface area contributed by atoms with Gasteiger partial charge >= 0.3 is 0 Å². The summed E-state index contributed by atoms with van der Waals surface area (Å²) in [6.45, 7) is 4.07. The number of carbonyl (C=O) groups is 1. The minimum atomic E-state index is -0.829. The summed E-state index contributed by atoms with van der Waals surface area (Å²) in [5.41, 5.74) is -0.829. The molecular formula is C13H16O3. The maximum atomic E-state index is 11.9. The smallest absolute Gasteiger partial charge is 0.198 e. The Hall–Kier alpha value is -1.51. The Morgan fingerprint density at radius 2 is 2.06 bits per heavy atom. The number of Topliss-reactive ketones (excluding diaryl/α,β-unsaturated/α-hetero) is 1. The van der Waals surface area contributed by atoms with E-state index in [1.807, 2.05) is 31.2 Å². The van der Waals surface area contributed by atoms with Gasteiger partial charge in [-0.25, -0.2) is 0 Å². The molecule has 1 aliphatic heterocycles. The number of benzene rings is 1. The van der Waals surface area contributed by atoms with Crippen molar-refractivity contribution < 1.29 is 14.3 Å². The normalized spacial score (nSPS) is 22.9. The molecule has 0 amide bonds. The molecule has 1 aromatic rings. The highest BCUT2D eigenvalue weighted by atomic mass is 16.6. The first kappa shape index (κ1) is 11.0. The van der Waals surface area contributed by atoms with Gasteiger partial charge in [-0.2, -0.15) is 0 Å². The van der Waals surface area contributed by atoms with E-state index in [4.69, 9.17) is 9.47 Å². The SMILES string of the molecule is CCCC(=O)C1(C)COc2ccccc2O1. The zero-order chi connectivity index (χ0) is 11.6. The van der Waals surface area contributed by atoms with Crippen LogP contribution in [0, 0.1) is 0 Å². The number of hydrogen-bond donors (Lipinski definition) is 0. The van der Waals surface area contributed by atoms with Crippen LogP contribution in [0.5, 0.6) is 11.5 Å². The summed E-state index contributed by atoms with van der Waals surface area (Å²) in [5, 5.41) is 0. The second-order valence-electron chi connectivity index (χ2n) is 4.24. The minimum Gasteiger partial charge on any atom is -0.485 e. The number of ketones is 1. The van der Waals surface area contributed by atoms with Crippen LogP contribution in [0.3, 0.4) is 0 Å². The van der Waals surface area contributed by atoms with E-state index in [0.29, 0.717) is 24.5 Å². The zero-order valence-corrected chi connectivity index (χ0v) is 9.66. The third kappa shape index (κ3) is 1.90. The van der Waals surface area contributed by atoms with E-state index in [9.17, 15) is 4.79 Å². The van der Waals surface area contributed by atoms with Gasteiger partial charge in [0.05, 0.1) is 0 Å². The highest BCUT2D eigenvalue weighted by Gasteiger charge is 2.39. The van der Waals surface area contributed by atoms with Crippen molar-refractivity contribution in [3.8, 4) is 11.5 Å². The van der Waals surface area contributed by atoms with Crippen LogP contribution in [0.4, 0.5) is 0 Å². The summed E-state index contributed by atoms with van der Waals surface area (Å²) < 4.78 is 11.3. The molecule has 0 radical (unpaired) electrons. The van der Waals surface area contributed by atoms with Crippen molar-refractivity contribution in [3.63, 3.8) is 0 Å². The summed E-state index contributed by atoms with van der Waals surface area (Å²) in [6, 6.07) is 7.43. The molecule has 86 valence electrons. The molecule has 1 aliphatic rings. The van der Waals surface area contributed by atoms with Gasteiger partial charge in [0.2, 0.25) is 0 Å². The quantitative estimate of drug-likeness (QED) is 0.785. The van der Waals surface area contributed by atoms with Crippen molar-refractivity contribution in [1.29, 1.82) is 0 Å². The van der Waals surface area contributed by atoms with Gasteiger partial charge in [0.15, 0.2) is 22.9 Å². The Labute approximate surface area is 95.4 Å². The molecule has 16 heavy (non-hydrogen) atoms. The van der Waals surface area contributed by atoms with E-state index in [1.54, 1.807) is 6.92 Å². The summed E-state index contributed by atoms with van der Waals surface area (Å²) in [6.07, 6.45) is 1.36. The van der Waals surface area contributed by atoms with Crippen LogP contribution < -0.4 is 9.47 Å². The lowest BCUT2D eigenvalue weighted by molar-refractivity contribution is -0.137. The lowest BCUT2D eigenvalue weighted by Gasteiger charge is -2.34. The summed E-state index contributed by atoms with van der Waals surface area (Å²) in [4.78, 5) is 11.9. The number of hydrogen-bond acceptors (Lipinski definition) is 3. The number of para-hydroxylation sites is 2. The predicted molar refractivity (Wildman–Crippen MR) is 60.9 cm³/mol. The number of rotatable bonds is 3. The van der Waals surface area contributed by atoms with Gasteiger partial charge in [-0.3, -0.25) is 4.79 Å². The molecule has 0 bridgehead atoms. The highest BCUT2D eigenvalue weighted by Crippen LogP contribution is 2.35. The van der Waals surface area contributed by atoms with E-state index >= 15 is 0 Å². The summed E-state index contributed by atoms with van der Waals surface area (Å²) in [7, 11) is 0. The van der Waals surface area contributed by atoms with Gasteiger partial charge in [0.25, 0.3) is 0 Å². The molecule has 1 heterocycles. The fourth-order valence-corrected chi connectivity index (χ4v) is 1.77. The number of ether oxygens (including phenoxy) is 2. The van der Waals surface area contributed by atoms with Crippen LogP contribution in [0.2, 0.25) is 0 Å². The van der Waals surface area contributed by atoms with E-state index in [1.165, 1.54) is 0 Å². The molecule has 0 aromatic heterocycles. The van der Waals surface area contributed by atoms with Crippen molar-refractivity contribution >= 4 is 5.78 Å². The van der Waals surface area contributed by atoms with Gasteiger partial charge < -0.3 is 9.47 Å². The van der Waals surface area contributed by atoms with E-state index in [2.05, 4.69) is 0 Å². The third-order valence-corrected chi connectivity index (χ3v) is 2.75. The van der Waals surface area contributed by atoms with E-state index in [0.717, 1.165) is 6.42 Å². The Morgan fingerprint density at radius 3 is 2.75 bits per heavy atom. The van der Waals surface area contributed by atoms with Gasteiger partial charge in [0.1, 0.15) is 6.61 Å². The van der Waals surface area contributed by atoms with Gasteiger partial charge in [-0.1, -0.05) is 19.1 Å². The number of carbonyl (C=O) groups excluding carboxylic acids is 1. The third-order valence-electron chi connectivity index (χ3n) is 2.75. The average molecular weight is 220 g/mol. The van der Waals surface area contributed by atoms with Crippen molar-refractivity contribution in [1.82, 2.24) is 0 Å². The number of fused-ring (bicyclic) bond motifs is 1. The maximum absolute atomic E-state index is 11.9. The standard InChI is InChI=1S/C13H16O3/c1-3-6-12(14)13(2)9-15-10-7-4-5-8-11(10)16-13/h4-5,7-8H,3,6,9H2,1-2H3. The molecule has 1 atom stereocenters. The lowest BCUT2D eigenvalue weighted by atomic mass is 9.97. The molecule has 0 saturated carbocycles. The van der Waals surface area contributed by atoms with Gasteiger partial charge in [-0.15, -0.1) is 0 Å². The highest BCUT2D eigenvalue weighted by molar-refractivity contribution is 5.87. The molecule has 0 aliphatic carbocycles. The molecule has 3 nitrogen and oxygen atoms in total. The molecule has 0 N–H and O–H groups in total. The Morgan fingerprint density at radius 1 is 1.38 bits per heavy atom. The summed E-state index contributed by atoms with van der Waals surface area (Å²) >= 11 is 0. The van der Waals surface area contributed by atoms with Gasteiger partial charge in [-0.05, 0) is 25.5 Å². The zero-order valence-electron chi connectivity index (χ0n) is 9.66. The van der Waals surface area contributed by atoms with Crippen LogP contribution in [-0.2, 0) is 4.79 Å². The Balaban J connectivity index is 2.21. The Bertz CT molecular complexity index is 400. The van der Waals surface area contributed by atoms with E-state index < -0.39 is 5.60 Å². The van der Waals surface area contributed by atoms with Crippen LogP contribution in [-0.4, -0.2) is 18.0 Å². The van der Waals surface area contributed by atoms with Crippen molar-refractivity contribution in [2.24, 2.45) is 0 Å². The second kappa shape index (κ2) is 4.16. The maximum Gasteiger partial charge on any atom is 0.198 e.